The fourth-order valence-electron chi connectivity index (χ4n) is 5.93. The van der Waals surface area contributed by atoms with Gasteiger partial charge in [-0.1, -0.05) is 36.4 Å². The largest absolute Gasteiger partial charge is 0.494 e. The SMILES string of the molecule is CCOc1ccccc1CN1CCC2(CCN(C(=O)c3ccc(Oc4ccccc4)cc3)CC2)C(OC(=O)C(F)(F)F)C1. The van der Waals surface area contributed by atoms with E-state index in [0.717, 1.165) is 11.3 Å². The number of nitrogens with zero attached hydrogens (tertiary/aromatic N) is 2. The fourth-order valence-corrected chi connectivity index (χ4v) is 5.93. The number of benzene rings is 3. The minimum atomic E-state index is -5.09. The smallest absolute Gasteiger partial charge is 0.490 e. The van der Waals surface area contributed by atoms with E-state index in [0.29, 0.717) is 69.1 Å². The summed E-state index contributed by atoms with van der Waals surface area (Å²) < 4.78 is 56.6. The number of hydrogen-bond donors (Lipinski definition) is 0. The van der Waals surface area contributed by atoms with Crippen LogP contribution in [0.2, 0.25) is 0 Å². The third-order valence-electron chi connectivity index (χ3n) is 8.31. The van der Waals surface area contributed by atoms with Crippen LogP contribution in [0.3, 0.4) is 0 Å². The molecule has 0 aromatic heterocycles. The van der Waals surface area contributed by atoms with Crippen LogP contribution in [0.4, 0.5) is 13.2 Å². The van der Waals surface area contributed by atoms with E-state index in [1.54, 1.807) is 29.2 Å². The van der Waals surface area contributed by atoms with Crippen molar-refractivity contribution in [3.05, 3.63) is 90.0 Å². The van der Waals surface area contributed by atoms with Crippen molar-refractivity contribution in [2.75, 3.05) is 32.8 Å². The Hall–Kier alpha value is -4.05. The second kappa shape index (κ2) is 13.1. The number of para-hydroxylation sites is 2. The molecule has 1 amide bonds. The molecule has 2 aliphatic rings. The summed E-state index contributed by atoms with van der Waals surface area (Å²) in [6.45, 7) is 4.34. The number of ether oxygens (including phenoxy) is 3. The maximum atomic E-state index is 13.3. The lowest BCUT2D eigenvalue weighted by Gasteiger charge is -2.51. The van der Waals surface area contributed by atoms with Crippen LogP contribution in [0.15, 0.2) is 78.9 Å². The molecular weight excluding hydrogens is 561 g/mol. The predicted octanol–water partition coefficient (Wildman–Crippen LogP) is 6.48. The molecule has 1 spiro atoms. The molecule has 2 heterocycles. The van der Waals surface area contributed by atoms with Gasteiger partial charge in [0.1, 0.15) is 23.4 Å². The van der Waals surface area contributed by atoms with Gasteiger partial charge in [-0.15, -0.1) is 0 Å². The van der Waals surface area contributed by atoms with Gasteiger partial charge in [0.15, 0.2) is 0 Å². The van der Waals surface area contributed by atoms with Crippen molar-refractivity contribution in [1.29, 1.82) is 0 Å². The summed E-state index contributed by atoms with van der Waals surface area (Å²) in [5, 5.41) is 0. The van der Waals surface area contributed by atoms with Gasteiger partial charge < -0.3 is 19.1 Å². The van der Waals surface area contributed by atoms with Crippen LogP contribution in [-0.2, 0) is 16.1 Å². The van der Waals surface area contributed by atoms with Crippen molar-refractivity contribution in [3.63, 3.8) is 0 Å². The van der Waals surface area contributed by atoms with Crippen molar-refractivity contribution < 1.29 is 37.0 Å². The topological polar surface area (TPSA) is 68.3 Å². The lowest BCUT2D eigenvalue weighted by atomic mass is 9.69. The van der Waals surface area contributed by atoms with E-state index in [-0.39, 0.29) is 12.5 Å². The van der Waals surface area contributed by atoms with Crippen LogP contribution < -0.4 is 9.47 Å². The molecule has 2 saturated heterocycles. The summed E-state index contributed by atoms with van der Waals surface area (Å²) in [4.78, 5) is 29.0. The summed E-state index contributed by atoms with van der Waals surface area (Å²) in [6, 6.07) is 23.7. The van der Waals surface area contributed by atoms with Crippen LogP contribution in [0.25, 0.3) is 0 Å². The van der Waals surface area contributed by atoms with E-state index >= 15 is 0 Å². The molecule has 0 N–H and O–H groups in total. The maximum absolute atomic E-state index is 13.3. The molecule has 3 aromatic carbocycles. The number of hydrogen-bond acceptors (Lipinski definition) is 6. The number of piperidine rings is 2. The lowest BCUT2D eigenvalue weighted by Crippen LogP contribution is -2.57. The van der Waals surface area contributed by atoms with E-state index in [4.69, 9.17) is 14.2 Å². The number of alkyl halides is 3. The average Bonchev–Trinajstić information content (AvgIpc) is 3.00. The highest BCUT2D eigenvalue weighted by Gasteiger charge is 2.51. The molecule has 0 aliphatic carbocycles. The van der Waals surface area contributed by atoms with Crippen LogP contribution in [0.5, 0.6) is 17.2 Å². The molecule has 7 nitrogen and oxygen atoms in total. The van der Waals surface area contributed by atoms with Crippen LogP contribution in [0.1, 0.15) is 42.1 Å². The van der Waals surface area contributed by atoms with E-state index in [1.165, 1.54) is 0 Å². The Labute approximate surface area is 249 Å². The molecule has 3 aromatic rings. The Morgan fingerprint density at radius 3 is 2.16 bits per heavy atom. The molecule has 228 valence electrons. The van der Waals surface area contributed by atoms with Gasteiger partial charge in [0, 0.05) is 42.7 Å². The highest BCUT2D eigenvalue weighted by Crippen LogP contribution is 2.44. The molecule has 1 unspecified atom stereocenters. The van der Waals surface area contributed by atoms with Gasteiger partial charge in [0.25, 0.3) is 5.91 Å². The number of rotatable bonds is 8. The Kier molecular flexibility index (Phi) is 9.25. The second-order valence-electron chi connectivity index (χ2n) is 11.0. The molecule has 43 heavy (non-hydrogen) atoms. The summed E-state index contributed by atoms with van der Waals surface area (Å²) in [6.07, 6.45) is -4.62. The molecule has 2 fully saturated rings. The Balaban J connectivity index is 1.25. The van der Waals surface area contributed by atoms with Gasteiger partial charge in [-0.05, 0) is 75.2 Å². The Morgan fingerprint density at radius 2 is 1.49 bits per heavy atom. The van der Waals surface area contributed by atoms with Gasteiger partial charge in [-0.2, -0.15) is 13.2 Å². The number of esters is 1. The molecule has 0 radical (unpaired) electrons. The number of carbonyl (C=O) groups excluding carboxylic acids is 2. The van der Waals surface area contributed by atoms with Crippen LogP contribution in [0, 0.1) is 5.41 Å². The first kappa shape index (κ1) is 30.4. The van der Waals surface area contributed by atoms with Crippen molar-refractivity contribution in [2.45, 2.75) is 45.0 Å². The maximum Gasteiger partial charge on any atom is 0.490 e. The molecule has 0 saturated carbocycles. The van der Waals surface area contributed by atoms with Gasteiger partial charge in [0.2, 0.25) is 0 Å². The van der Waals surface area contributed by atoms with E-state index in [1.807, 2.05) is 66.4 Å². The third kappa shape index (κ3) is 7.30. The first-order valence-corrected chi connectivity index (χ1v) is 14.5. The highest BCUT2D eigenvalue weighted by atomic mass is 19.4. The predicted molar refractivity (Wildman–Crippen MR) is 154 cm³/mol. The molecular formula is C33H35F3N2O5. The van der Waals surface area contributed by atoms with Crippen LogP contribution in [-0.4, -0.2) is 66.7 Å². The van der Waals surface area contributed by atoms with Crippen LogP contribution >= 0.6 is 0 Å². The first-order valence-electron chi connectivity index (χ1n) is 14.5. The highest BCUT2D eigenvalue weighted by molar-refractivity contribution is 5.94. The van der Waals surface area contributed by atoms with Gasteiger partial charge in [0.05, 0.1) is 6.61 Å². The molecule has 1 atom stereocenters. The summed E-state index contributed by atoms with van der Waals surface area (Å²) >= 11 is 0. The molecule has 10 heteroatoms. The molecule has 2 aliphatic heterocycles. The monoisotopic (exact) mass is 596 g/mol. The van der Waals surface area contributed by atoms with Crippen molar-refractivity contribution >= 4 is 11.9 Å². The first-order chi connectivity index (χ1) is 20.7. The van der Waals surface area contributed by atoms with Crippen molar-refractivity contribution in [2.24, 2.45) is 5.41 Å². The number of halogens is 3. The zero-order valence-corrected chi connectivity index (χ0v) is 24.0. The minimum Gasteiger partial charge on any atom is -0.494 e. The number of amides is 1. The van der Waals surface area contributed by atoms with Gasteiger partial charge in [-0.3, -0.25) is 9.69 Å². The normalized spacial score (nSPS) is 18.7. The Bertz CT molecular complexity index is 1390. The molecule has 0 bridgehead atoms. The quantitative estimate of drug-likeness (QED) is 0.278. The third-order valence-corrected chi connectivity index (χ3v) is 8.31. The summed E-state index contributed by atoms with van der Waals surface area (Å²) in [7, 11) is 0. The standard InChI is InChI=1S/C33H35F3N2O5/c1-2-41-28-11-7-6-8-25(28)22-37-19-16-32(29(23-37)43-31(40)33(34,35)36)17-20-38(21-18-32)30(39)24-12-14-27(15-13-24)42-26-9-4-3-5-10-26/h3-15,29H,2,16-23H2,1H3. The number of likely N-dealkylation sites (tertiary alicyclic amines) is 2. The minimum absolute atomic E-state index is 0.157. The Morgan fingerprint density at radius 1 is 0.860 bits per heavy atom. The van der Waals surface area contributed by atoms with Gasteiger partial charge >= 0.3 is 12.1 Å². The van der Waals surface area contributed by atoms with Crippen molar-refractivity contribution in [1.82, 2.24) is 9.80 Å². The van der Waals surface area contributed by atoms with Crippen molar-refractivity contribution in [3.8, 4) is 17.2 Å². The zero-order valence-electron chi connectivity index (χ0n) is 24.0. The van der Waals surface area contributed by atoms with Gasteiger partial charge in [-0.25, -0.2) is 4.79 Å². The second-order valence-corrected chi connectivity index (χ2v) is 11.0. The van der Waals surface area contributed by atoms with E-state index in [9.17, 15) is 22.8 Å². The van der Waals surface area contributed by atoms with E-state index in [2.05, 4.69) is 0 Å². The number of carbonyl (C=O) groups is 2. The van der Waals surface area contributed by atoms with E-state index < -0.39 is 23.7 Å². The summed E-state index contributed by atoms with van der Waals surface area (Å²) in [5.41, 5.74) is 0.766. The zero-order chi connectivity index (χ0) is 30.5. The summed E-state index contributed by atoms with van der Waals surface area (Å²) in [5.74, 6) is -0.321. The molecule has 5 rings (SSSR count). The lowest BCUT2D eigenvalue weighted by molar-refractivity contribution is -0.216. The fraction of sp³-hybridized carbons (Fsp3) is 0.394. The average molecular weight is 597 g/mol.